The third-order valence-corrected chi connectivity index (χ3v) is 3.82. The minimum atomic E-state index is -0.694. The minimum Gasteiger partial charge on any atom is -0.494 e. The van der Waals surface area contributed by atoms with Crippen LogP contribution in [0.4, 0.5) is 0 Å². The summed E-state index contributed by atoms with van der Waals surface area (Å²) in [6, 6.07) is 5.97. The first-order chi connectivity index (χ1) is 9.19. The van der Waals surface area contributed by atoms with Gasteiger partial charge in [-0.25, -0.2) is 0 Å². The van der Waals surface area contributed by atoms with Crippen molar-refractivity contribution in [3.8, 4) is 5.75 Å². The van der Waals surface area contributed by atoms with Crippen molar-refractivity contribution in [3.05, 3.63) is 29.5 Å². The predicted octanol–water partition coefficient (Wildman–Crippen LogP) is 2.76. The van der Waals surface area contributed by atoms with Gasteiger partial charge >= 0.3 is 5.97 Å². The smallest absolute Gasteiger partial charge is 0.306 e. The van der Waals surface area contributed by atoms with Gasteiger partial charge in [0.05, 0.1) is 12.5 Å². The fourth-order valence-electron chi connectivity index (χ4n) is 2.86. The van der Waals surface area contributed by atoms with Crippen LogP contribution in [0.1, 0.15) is 24.6 Å². The molecule has 0 saturated carbocycles. The molecule has 0 fully saturated rings. The average molecular weight is 259 g/mol. The Morgan fingerprint density at radius 3 is 3.11 bits per heavy atom. The maximum Gasteiger partial charge on any atom is 0.306 e. The second-order valence-electron chi connectivity index (χ2n) is 5.00. The molecule has 0 amide bonds. The Labute approximate surface area is 111 Å². The number of H-pyrrole nitrogens is 1. The molecule has 3 rings (SSSR count). The molecule has 2 aromatic rings. The van der Waals surface area contributed by atoms with Crippen molar-refractivity contribution in [2.75, 3.05) is 6.61 Å². The fourth-order valence-corrected chi connectivity index (χ4v) is 2.86. The molecule has 4 nitrogen and oxygen atoms in total. The third-order valence-electron chi connectivity index (χ3n) is 3.82. The summed E-state index contributed by atoms with van der Waals surface area (Å²) >= 11 is 0. The second-order valence-corrected chi connectivity index (χ2v) is 5.00. The molecule has 1 unspecified atom stereocenters. The molecule has 1 aliphatic carbocycles. The van der Waals surface area contributed by atoms with Crippen LogP contribution in [0.3, 0.4) is 0 Å². The normalized spacial score (nSPS) is 18.3. The minimum absolute atomic E-state index is 0.262. The summed E-state index contributed by atoms with van der Waals surface area (Å²) in [6.45, 7) is 2.59. The Morgan fingerprint density at radius 2 is 2.37 bits per heavy atom. The van der Waals surface area contributed by atoms with Gasteiger partial charge in [0.2, 0.25) is 0 Å². The summed E-state index contributed by atoms with van der Waals surface area (Å²) in [7, 11) is 0. The predicted molar refractivity (Wildman–Crippen MR) is 72.6 cm³/mol. The van der Waals surface area contributed by atoms with Gasteiger partial charge in [-0.2, -0.15) is 0 Å². The lowest BCUT2D eigenvalue weighted by atomic mass is 9.86. The molecule has 1 aromatic heterocycles. The van der Waals surface area contributed by atoms with Crippen LogP contribution in [0.5, 0.6) is 5.75 Å². The number of fused-ring (bicyclic) bond motifs is 3. The van der Waals surface area contributed by atoms with Crippen LogP contribution in [0.15, 0.2) is 18.2 Å². The first kappa shape index (κ1) is 12.1. The van der Waals surface area contributed by atoms with Crippen molar-refractivity contribution >= 4 is 16.9 Å². The summed E-state index contributed by atoms with van der Waals surface area (Å²) in [6.07, 6.45) is 2.14. The zero-order valence-corrected chi connectivity index (χ0v) is 10.9. The second kappa shape index (κ2) is 4.61. The van der Waals surface area contributed by atoms with Crippen LogP contribution >= 0.6 is 0 Å². The van der Waals surface area contributed by atoms with E-state index < -0.39 is 5.97 Å². The van der Waals surface area contributed by atoms with Crippen LogP contribution in [0, 0.1) is 5.92 Å². The Morgan fingerprint density at radius 1 is 1.53 bits per heavy atom. The molecule has 0 radical (unpaired) electrons. The van der Waals surface area contributed by atoms with E-state index >= 15 is 0 Å². The Balaban J connectivity index is 2.05. The highest BCUT2D eigenvalue weighted by atomic mass is 16.5. The summed E-state index contributed by atoms with van der Waals surface area (Å²) in [4.78, 5) is 14.6. The first-order valence-electron chi connectivity index (χ1n) is 6.68. The van der Waals surface area contributed by atoms with Gasteiger partial charge in [0.1, 0.15) is 5.75 Å². The fraction of sp³-hybridized carbons (Fsp3) is 0.400. The number of benzene rings is 1. The van der Waals surface area contributed by atoms with E-state index in [2.05, 4.69) is 4.98 Å². The highest BCUT2D eigenvalue weighted by molar-refractivity contribution is 5.87. The van der Waals surface area contributed by atoms with E-state index in [-0.39, 0.29) is 5.92 Å². The van der Waals surface area contributed by atoms with E-state index in [0.717, 1.165) is 28.6 Å². The quantitative estimate of drug-likeness (QED) is 0.891. The molecule has 0 aliphatic heterocycles. The molecule has 1 aliphatic rings. The number of nitrogens with one attached hydrogen (secondary N) is 1. The number of ether oxygens (including phenoxy) is 1. The number of rotatable bonds is 3. The van der Waals surface area contributed by atoms with Gasteiger partial charge in [-0.05, 0) is 49.9 Å². The molecule has 0 spiro atoms. The number of hydrogen-bond donors (Lipinski definition) is 2. The lowest BCUT2D eigenvalue weighted by Gasteiger charge is -2.18. The van der Waals surface area contributed by atoms with E-state index in [1.54, 1.807) is 0 Å². The van der Waals surface area contributed by atoms with Gasteiger partial charge in [-0.1, -0.05) is 0 Å². The van der Waals surface area contributed by atoms with Gasteiger partial charge < -0.3 is 14.8 Å². The molecular formula is C15H17NO3. The van der Waals surface area contributed by atoms with E-state index in [9.17, 15) is 9.90 Å². The van der Waals surface area contributed by atoms with E-state index in [4.69, 9.17) is 4.74 Å². The molecule has 2 N–H and O–H groups in total. The summed E-state index contributed by atoms with van der Waals surface area (Å²) in [5.74, 6) is -0.113. The molecule has 1 atom stereocenters. The number of carboxylic acid groups (broad SMARTS) is 1. The van der Waals surface area contributed by atoms with E-state index in [0.29, 0.717) is 19.4 Å². The molecule has 0 saturated heterocycles. The van der Waals surface area contributed by atoms with Crippen molar-refractivity contribution in [2.24, 2.45) is 5.92 Å². The van der Waals surface area contributed by atoms with E-state index in [1.165, 1.54) is 5.69 Å². The Kier molecular flexibility index (Phi) is 2.93. The number of carbonyl (C=O) groups is 1. The number of aromatic amines is 1. The number of aryl methyl sites for hydroxylation is 1. The first-order valence-corrected chi connectivity index (χ1v) is 6.68. The lowest BCUT2D eigenvalue weighted by molar-refractivity contribution is -0.142. The van der Waals surface area contributed by atoms with Crippen LogP contribution in [-0.4, -0.2) is 22.7 Å². The standard InChI is InChI=1S/C15H17NO3/c1-2-19-10-4-6-14-12(8-10)11-7-9(15(17)18)3-5-13(11)16-14/h4,6,8-9,16H,2-3,5,7H2,1H3,(H,17,18). The summed E-state index contributed by atoms with van der Waals surface area (Å²) < 4.78 is 5.52. The SMILES string of the molecule is CCOc1ccc2[nH]c3c(c2c1)CC(C(=O)O)CC3. The third kappa shape index (κ3) is 2.07. The molecule has 0 bridgehead atoms. The maximum absolute atomic E-state index is 11.2. The maximum atomic E-state index is 11.2. The molecular weight excluding hydrogens is 242 g/mol. The van der Waals surface area contributed by atoms with Crippen LogP contribution < -0.4 is 4.74 Å². The summed E-state index contributed by atoms with van der Waals surface area (Å²) in [5.41, 5.74) is 3.40. The highest BCUT2D eigenvalue weighted by Gasteiger charge is 2.27. The van der Waals surface area contributed by atoms with Gasteiger partial charge in [-0.3, -0.25) is 4.79 Å². The lowest BCUT2D eigenvalue weighted by Crippen LogP contribution is -2.21. The Bertz CT molecular complexity index is 630. The van der Waals surface area contributed by atoms with Gasteiger partial charge in [-0.15, -0.1) is 0 Å². The van der Waals surface area contributed by atoms with Crippen LogP contribution in [0.2, 0.25) is 0 Å². The molecule has 100 valence electrons. The Hall–Kier alpha value is -1.97. The van der Waals surface area contributed by atoms with E-state index in [1.807, 2.05) is 25.1 Å². The number of aromatic nitrogens is 1. The van der Waals surface area contributed by atoms with Gasteiger partial charge in [0.25, 0.3) is 0 Å². The molecule has 4 heteroatoms. The topological polar surface area (TPSA) is 62.3 Å². The zero-order chi connectivity index (χ0) is 13.4. The largest absolute Gasteiger partial charge is 0.494 e. The average Bonchev–Trinajstić information content (AvgIpc) is 2.76. The van der Waals surface area contributed by atoms with Gasteiger partial charge in [0, 0.05) is 16.6 Å². The zero-order valence-electron chi connectivity index (χ0n) is 10.9. The van der Waals surface area contributed by atoms with Crippen LogP contribution in [0.25, 0.3) is 10.9 Å². The molecule has 19 heavy (non-hydrogen) atoms. The van der Waals surface area contributed by atoms with Crippen molar-refractivity contribution in [1.82, 2.24) is 4.98 Å². The van der Waals surface area contributed by atoms with Crippen molar-refractivity contribution in [1.29, 1.82) is 0 Å². The summed E-state index contributed by atoms with van der Waals surface area (Å²) in [5, 5.41) is 10.3. The molecule has 1 heterocycles. The number of carboxylic acids is 1. The highest BCUT2D eigenvalue weighted by Crippen LogP contribution is 2.33. The number of aliphatic carboxylic acids is 1. The van der Waals surface area contributed by atoms with Crippen molar-refractivity contribution in [2.45, 2.75) is 26.2 Å². The molecule has 1 aromatic carbocycles. The monoisotopic (exact) mass is 259 g/mol. The van der Waals surface area contributed by atoms with Crippen molar-refractivity contribution < 1.29 is 14.6 Å². The van der Waals surface area contributed by atoms with Crippen molar-refractivity contribution in [3.63, 3.8) is 0 Å². The number of hydrogen-bond acceptors (Lipinski definition) is 2. The van der Waals surface area contributed by atoms with Crippen LogP contribution in [-0.2, 0) is 17.6 Å². The van der Waals surface area contributed by atoms with Gasteiger partial charge in [0.15, 0.2) is 0 Å².